The van der Waals surface area contributed by atoms with Gasteiger partial charge in [-0.1, -0.05) is 0 Å². The van der Waals surface area contributed by atoms with E-state index in [1.165, 1.54) is 6.07 Å². The van der Waals surface area contributed by atoms with Gasteiger partial charge in [0.1, 0.15) is 11.5 Å². The van der Waals surface area contributed by atoms with Crippen molar-refractivity contribution >= 4 is 16.9 Å². The highest BCUT2D eigenvalue weighted by atomic mass is 16.1. The smallest absolute Gasteiger partial charge is 0.191 e. The van der Waals surface area contributed by atoms with E-state index >= 15 is 0 Å². The Morgan fingerprint density at radius 1 is 1.18 bits per heavy atom. The van der Waals surface area contributed by atoms with Gasteiger partial charge in [0, 0.05) is 38.4 Å². The van der Waals surface area contributed by atoms with Crippen LogP contribution in [0.25, 0.3) is 11.0 Å². The summed E-state index contributed by atoms with van der Waals surface area (Å²) >= 11 is 0. The molecular weight excluding hydrogens is 216 g/mol. The quantitative estimate of drug-likeness (QED) is 0.741. The largest absolute Gasteiger partial charge is 0.354 e. The first-order chi connectivity index (χ1) is 8.34. The van der Waals surface area contributed by atoms with Gasteiger partial charge in [-0.3, -0.25) is 4.79 Å². The zero-order valence-corrected chi connectivity index (χ0v) is 9.44. The summed E-state index contributed by atoms with van der Waals surface area (Å²) in [6.45, 7) is 3.86. The third-order valence-electron chi connectivity index (χ3n) is 3.04. The maximum Gasteiger partial charge on any atom is 0.191 e. The number of hydrogen-bond acceptors (Lipinski definition) is 4. The molecule has 0 saturated carbocycles. The molecule has 5 heteroatoms. The fourth-order valence-electron chi connectivity index (χ4n) is 2.11. The fraction of sp³-hybridized carbons (Fsp3) is 0.333. The predicted molar refractivity (Wildman–Crippen MR) is 67.4 cm³/mol. The minimum absolute atomic E-state index is 0.0121. The van der Waals surface area contributed by atoms with Crippen molar-refractivity contribution in [3.8, 4) is 0 Å². The Kier molecular flexibility index (Phi) is 2.53. The predicted octanol–water partition coefficient (Wildman–Crippen LogP) is 0.333. The molecule has 17 heavy (non-hydrogen) atoms. The molecule has 1 aliphatic heterocycles. The van der Waals surface area contributed by atoms with E-state index in [0.717, 1.165) is 32.0 Å². The Morgan fingerprint density at radius 2 is 2.00 bits per heavy atom. The van der Waals surface area contributed by atoms with E-state index in [1.54, 1.807) is 6.20 Å². The van der Waals surface area contributed by atoms with Gasteiger partial charge in [0.05, 0.1) is 5.39 Å². The average molecular weight is 230 g/mol. The summed E-state index contributed by atoms with van der Waals surface area (Å²) in [5, 5.41) is 3.95. The van der Waals surface area contributed by atoms with Gasteiger partial charge in [-0.15, -0.1) is 0 Å². The maximum atomic E-state index is 11.6. The second-order valence-electron chi connectivity index (χ2n) is 4.14. The molecule has 0 spiro atoms. The SMILES string of the molecule is O=c1cc[nH]c2nc(N3CCNCC3)ccc12. The van der Waals surface area contributed by atoms with Crippen LogP contribution in [0.15, 0.2) is 29.2 Å². The van der Waals surface area contributed by atoms with Crippen molar-refractivity contribution in [2.24, 2.45) is 0 Å². The second kappa shape index (κ2) is 4.18. The highest BCUT2D eigenvalue weighted by Crippen LogP contribution is 2.14. The van der Waals surface area contributed by atoms with Crippen LogP contribution < -0.4 is 15.6 Å². The van der Waals surface area contributed by atoms with Crippen molar-refractivity contribution in [1.29, 1.82) is 0 Å². The summed E-state index contributed by atoms with van der Waals surface area (Å²) in [4.78, 5) is 21.3. The van der Waals surface area contributed by atoms with Gasteiger partial charge in [-0.05, 0) is 12.1 Å². The van der Waals surface area contributed by atoms with E-state index in [-0.39, 0.29) is 5.43 Å². The summed E-state index contributed by atoms with van der Waals surface area (Å²) in [5.74, 6) is 0.931. The highest BCUT2D eigenvalue weighted by molar-refractivity contribution is 5.76. The molecule has 0 aromatic carbocycles. The van der Waals surface area contributed by atoms with Crippen LogP contribution in [0, 0.1) is 0 Å². The first-order valence-electron chi connectivity index (χ1n) is 5.79. The normalized spacial score (nSPS) is 16.4. The van der Waals surface area contributed by atoms with Crippen molar-refractivity contribution in [2.45, 2.75) is 0 Å². The molecule has 1 saturated heterocycles. The number of rotatable bonds is 1. The number of nitrogens with zero attached hydrogens (tertiary/aromatic N) is 2. The summed E-state index contributed by atoms with van der Waals surface area (Å²) in [5.41, 5.74) is 0.673. The first kappa shape index (κ1) is 10.3. The summed E-state index contributed by atoms with van der Waals surface area (Å²) in [6.07, 6.45) is 1.64. The van der Waals surface area contributed by atoms with Gasteiger partial charge in [-0.25, -0.2) is 4.98 Å². The zero-order chi connectivity index (χ0) is 11.7. The summed E-state index contributed by atoms with van der Waals surface area (Å²) in [7, 11) is 0. The maximum absolute atomic E-state index is 11.6. The lowest BCUT2D eigenvalue weighted by Crippen LogP contribution is -2.43. The van der Waals surface area contributed by atoms with Crippen LogP contribution in [-0.4, -0.2) is 36.1 Å². The van der Waals surface area contributed by atoms with Crippen molar-refractivity contribution in [3.05, 3.63) is 34.6 Å². The molecule has 0 amide bonds. The van der Waals surface area contributed by atoms with E-state index in [0.29, 0.717) is 11.0 Å². The molecule has 2 aromatic rings. The van der Waals surface area contributed by atoms with Gasteiger partial charge >= 0.3 is 0 Å². The van der Waals surface area contributed by atoms with Crippen LogP contribution in [0.4, 0.5) is 5.82 Å². The second-order valence-corrected chi connectivity index (χ2v) is 4.14. The third-order valence-corrected chi connectivity index (χ3v) is 3.04. The highest BCUT2D eigenvalue weighted by Gasteiger charge is 2.12. The van der Waals surface area contributed by atoms with E-state index < -0.39 is 0 Å². The summed E-state index contributed by atoms with van der Waals surface area (Å²) in [6, 6.07) is 5.29. The number of aromatic nitrogens is 2. The number of hydrogen-bond donors (Lipinski definition) is 2. The third kappa shape index (κ3) is 1.89. The number of pyridine rings is 2. The van der Waals surface area contributed by atoms with E-state index in [4.69, 9.17) is 0 Å². The van der Waals surface area contributed by atoms with Crippen molar-refractivity contribution in [3.63, 3.8) is 0 Å². The molecule has 0 atom stereocenters. The Morgan fingerprint density at radius 3 is 2.82 bits per heavy atom. The lowest BCUT2D eigenvalue weighted by molar-refractivity contribution is 0.585. The van der Waals surface area contributed by atoms with Crippen LogP contribution in [-0.2, 0) is 0 Å². The standard InChI is InChI=1S/C12H14N4O/c17-10-3-4-14-12-9(10)1-2-11(15-12)16-7-5-13-6-8-16/h1-4,13H,5-8H2,(H,14,15,17). The van der Waals surface area contributed by atoms with Gasteiger partial charge in [0.15, 0.2) is 5.43 Å². The molecule has 2 N–H and O–H groups in total. The van der Waals surface area contributed by atoms with Crippen LogP contribution >= 0.6 is 0 Å². The van der Waals surface area contributed by atoms with Gasteiger partial charge in [0.2, 0.25) is 0 Å². The van der Waals surface area contributed by atoms with Crippen molar-refractivity contribution in [1.82, 2.24) is 15.3 Å². The molecule has 5 nitrogen and oxygen atoms in total. The molecule has 0 aliphatic carbocycles. The number of anilines is 1. The lowest BCUT2D eigenvalue weighted by atomic mass is 10.2. The van der Waals surface area contributed by atoms with Crippen LogP contribution in [0.1, 0.15) is 0 Å². The molecule has 2 aromatic heterocycles. The van der Waals surface area contributed by atoms with Gasteiger partial charge in [0.25, 0.3) is 0 Å². The van der Waals surface area contributed by atoms with Crippen LogP contribution in [0.3, 0.4) is 0 Å². The molecule has 0 bridgehead atoms. The molecule has 3 heterocycles. The minimum atomic E-state index is 0.0121. The Balaban J connectivity index is 2.04. The van der Waals surface area contributed by atoms with Crippen LogP contribution in [0.2, 0.25) is 0 Å². The first-order valence-corrected chi connectivity index (χ1v) is 5.79. The molecule has 1 aliphatic rings. The molecule has 0 radical (unpaired) electrons. The molecule has 1 fully saturated rings. The Bertz CT molecular complexity index is 586. The number of aromatic amines is 1. The van der Waals surface area contributed by atoms with E-state index in [9.17, 15) is 4.79 Å². The van der Waals surface area contributed by atoms with Crippen molar-refractivity contribution in [2.75, 3.05) is 31.1 Å². The number of nitrogens with one attached hydrogen (secondary N) is 2. The van der Waals surface area contributed by atoms with Gasteiger partial charge < -0.3 is 15.2 Å². The molecular formula is C12H14N4O. The van der Waals surface area contributed by atoms with Crippen LogP contribution in [0.5, 0.6) is 0 Å². The molecule has 88 valence electrons. The summed E-state index contributed by atoms with van der Waals surface area (Å²) < 4.78 is 0. The van der Waals surface area contributed by atoms with E-state index in [1.807, 2.05) is 12.1 Å². The Hall–Kier alpha value is -1.88. The number of piperazine rings is 1. The Labute approximate surface area is 98.5 Å². The fourth-order valence-corrected chi connectivity index (χ4v) is 2.11. The minimum Gasteiger partial charge on any atom is -0.354 e. The van der Waals surface area contributed by atoms with E-state index in [2.05, 4.69) is 20.2 Å². The zero-order valence-electron chi connectivity index (χ0n) is 9.44. The van der Waals surface area contributed by atoms with Gasteiger partial charge in [-0.2, -0.15) is 0 Å². The number of H-pyrrole nitrogens is 1. The monoisotopic (exact) mass is 230 g/mol. The van der Waals surface area contributed by atoms with Crippen molar-refractivity contribution < 1.29 is 0 Å². The average Bonchev–Trinajstić information content (AvgIpc) is 2.40. The molecule has 3 rings (SSSR count). The number of fused-ring (bicyclic) bond motifs is 1. The molecule has 0 unspecified atom stereocenters. The lowest BCUT2D eigenvalue weighted by Gasteiger charge is -2.28. The topological polar surface area (TPSA) is 61.0 Å².